The van der Waals surface area contributed by atoms with Gasteiger partial charge < -0.3 is 15.3 Å². The Kier molecular flexibility index (Phi) is 10.8. The first-order valence-corrected chi connectivity index (χ1v) is 2.71. The Bertz CT molecular complexity index is 51.5. The SMILES string of the molecule is Cl.OCCCC(O)CO. The zero-order chi connectivity index (χ0) is 6.41. The van der Waals surface area contributed by atoms with Crippen molar-refractivity contribution in [3.8, 4) is 0 Å². The molecule has 0 aromatic rings. The van der Waals surface area contributed by atoms with Crippen LogP contribution in [0.15, 0.2) is 0 Å². The molecule has 0 heterocycles. The Morgan fingerprint density at radius 2 is 1.78 bits per heavy atom. The van der Waals surface area contributed by atoms with E-state index in [0.29, 0.717) is 12.8 Å². The molecule has 0 aromatic heterocycles. The van der Waals surface area contributed by atoms with Crippen LogP contribution in [0.5, 0.6) is 0 Å². The fraction of sp³-hybridized carbons (Fsp3) is 1.00. The molecule has 0 amide bonds. The van der Waals surface area contributed by atoms with Gasteiger partial charge >= 0.3 is 0 Å². The molecule has 1 atom stereocenters. The van der Waals surface area contributed by atoms with Gasteiger partial charge in [0.25, 0.3) is 0 Å². The maximum Gasteiger partial charge on any atom is 0.0771 e. The quantitative estimate of drug-likeness (QED) is 0.516. The van der Waals surface area contributed by atoms with Gasteiger partial charge in [-0.2, -0.15) is 0 Å². The topological polar surface area (TPSA) is 60.7 Å². The minimum atomic E-state index is -0.651. The van der Waals surface area contributed by atoms with Crippen LogP contribution >= 0.6 is 12.4 Å². The molecule has 0 bridgehead atoms. The highest BCUT2D eigenvalue weighted by Gasteiger charge is 1.98. The van der Waals surface area contributed by atoms with E-state index in [4.69, 9.17) is 15.3 Å². The van der Waals surface area contributed by atoms with Crippen LogP contribution < -0.4 is 0 Å². The maximum atomic E-state index is 8.63. The van der Waals surface area contributed by atoms with Crippen molar-refractivity contribution >= 4 is 12.4 Å². The first kappa shape index (κ1) is 11.9. The predicted molar refractivity (Wildman–Crippen MR) is 36.7 cm³/mol. The van der Waals surface area contributed by atoms with Crippen molar-refractivity contribution in [2.75, 3.05) is 13.2 Å². The number of halogens is 1. The summed E-state index contributed by atoms with van der Waals surface area (Å²) in [4.78, 5) is 0. The normalized spacial score (nSPS) is 12.3. The monoisotopic (exact) mass is 156 g/mol. The second-order valence-corrected chi connectivity index (χ2v) is 1.70. The average Bonchev–Trinajstić information content (AvgIpc) is 1.83. The lowest BCUT2D eigenvalue weighted by molar-refractivity contribution is 0.0817. The Morgan fingerprint density at radius 1 is 1.22 bits per heavy atom. The minimum Gasteiger partial charge on any atom is -0.396 e. The van der Waals surface area contributed by atoms with Gasteiger partial charge in [0, 0.05) is 6.61 Å². The van der Waals surface area contributed by atoms with E-state index in [-0.39, 0.29) is 25.6 Å². The van der Waals surface area contributed by atoms with Crippen molar-refractivity contribution < 1.29 is 15.3 Å². The molecular formula is C5H13ClO3. The highest BCUT2D eigenvalue weighted by Crippen LogP contribution is 1.92. The predicted octanol–water partition coefficient (Wildman–Crippen LogP) is -0.466. The second-order valence-electron chi connectivity index (χ2n) is 1.70. The maximum absolute atomic E-state index is 8.63. The Labute approximate surface area is 60.7 Å². The summed E-state index contributed by atoms with van der Waals surface area (Å²) in [5, 5.41) is 25.1. The van der Waals surface area contributed by atoms with Crippen molar-refractivity contribution in [3.05, 3.63) is 0 Å². The highest BCUT2D eigenvalue weighted by molar-refractivity contribution is 5.85. The third kappa shape index (κ3) is 8.17. The number of aliphatic hydroxyl groups is 3. The minimum absolute atomic E-state index is 0. The molecule has 0 aliphatic heterocycles. The van der Waals surface area contributed by atoms with E-state index in [1.165, 1.54) is 0 Å². The highest BCUT2D eigenvalue weighted by atomic mass is 35.5. The molecule has 3 N–H and O–H groups in total. The van der Waals surface area contributed by atoms with E-state index in [0.717, 1.165) is 0 Å². The zero-order valence-corrected chi connectivity index (χ0v) is 5.97. The summed E-state index contributed by atoms with van der Waals surface area (Å²) in [6.45, 7) is -0.128. The lowest BCUT2D eigenvalue weighted by Crippen LogP contribution is -2.11. The van der Waals surface area contributed by atoms with Gasteiger partial charge in [0.1, 0.15) is 0 Å². The van der Waals surface area contributed by atoms with Crippen LogP contribution in [0.4, 0.5) is 0 Å². The second kappa shape index (κ2) is 8.17. The molecule has 0 aliphatic rings. The van der Waals surface area contributed by atoms with Gasteiger partial charge in [-0.05, 0) is 12.8 Å². The number of hydrogen-bond donors (Lipinski definition) is 3. The molecule has 9 heavy (non-hydrogen) atoms. The first-order valence-electron chi connectivity index (χ1n) is 2.71. The molecule has 0 rings (SSSR count). The molecule has 3 nitrogen and oxygen atoms in total. The van der Waals surface area contributed by atoms with Gasteiger partial charge in [0.15, 0.2) is 0 Å². The fourth-order valence-corrected chi connectivity index (χ4v) is 0.418. The molecule has 0 aliphatic carbocycles. The van der Waals surface area contributed by atoms with Gasteiger partial charge in [-0.25, -0.2) is 0 Å². The van der Waals surface area contributed by atoms with E-state index in [1.54, 1.807) is 0 Å². The molecule has 0 saturated carbocycles. The largest absolute Gasteiger partial charge is 0.396 e. The van der Waals surface area contributed by atoms with Gasteiger partial charge in [0.2, 0.25) is 0 Å². The van der Waals surface area contributed by atoms with Crippen molar-refractivity contribution in [2.45, 2.75) is 18.9 Å². The van der Waals surface area contributed by atoms with Gasteiger partial charge in [0.05, 0.1) is 12.7 Å². The van der Waals surface area contributed by atoms with Crippen molar-refractivity contribution in [3.63, 3.8) is 0 Å². The van der Waals surface area contributed by atoms with Crippen molar-refractivity contribution in [1.29, 1.82) is 0 Å². The van der Waals surface area contributed by atoms with Crippen LogP contribution in [0.1, 0.15) is 12.8 Å². The van der Waals surface area contributed by atoms with Crippen LogP contribution in [-0.4, -0.2) is 34.6 Å². The summed E-state index contributed by atoms with van der Waals surface area (Å²) in [7, 11) is 0. The van der Waals surface area contributed by atoms with E-state index in [2.05, 4.69) is 0 Å². The average molecular weight is 157 g/mol. The third-order valence-corrected chi connectivity index (χ3v) is 0.906. The van der Waals surface area contributed by atoms with E-state index < -0.39 is 6.10 Å². The lowest BCUT2D eigenvalue weighted by Gasteiger charge is -2.02. The molecule has 1 unspecified atom stereocenters. The Hall–Kier alpha value is 0.170. The summed E-state index contributed by atoms with van der Waals surface area (Å²) in [6, 6.07) is 0. The standard InChI is InChI=1S/C5H12O3.ClH/c6-3-1-2-5(8)4-7;/h5-8H,1-4H2;1H. The van der Waals surface area contributed by atoms with Crippen LogP contribution in [0, 0.1) is 0 Å². The number of aliphatic hydroxyl groups excluding tert-OH is 3. The molecular weight excluding hydrogens is 144 g/mol. The third-order valence-electron chi connectivity index (χ3n) is 0.906. The summed E-state index contributed by atoms with van der Waals surface area (Å²) in [5.74, 6) is 0. The molecule has 0 radical (unpaired) electrons. The fourth-order valence-electron chi connectivity index (χ4n) is 0.418. The molecule has 0 fully saturated rings. The summed E-state index contributed by atoms with van der Waals surface area (Å²) < 4.78 is 0. The van der Waals surface area contributed by atoms with Gasteiger partial charge in [-0.1, -0.05) is 0 Å². The molecule has 0 spiro atoms. The van der Waals surface area contributed by atoms with Gasteiger partial charge in [-0.3, -0.25) is 0 Å². The molecule has 4 heteroatoms. The molecule has 0 saturated heterocycles. The summed E-state index contributed by atoms with van der Waals surface area (Å²) >= 11 is 0. The summed E-state index contributed by atoms with van der Waals surface area (Å²) in [5.41, 5.74) is 0. The van der Waals surface area contributed by atoms with Crippen LogP contribution in [-0.2, 0) is 0 Å². The Morgan fingerprint density at radius 3 is 2.11 bits per heavy atom. The zero-order valence-electron chi connectivity index (χ0n) is 5.16. The van der Waals surface area contributed by atoms with E-state index in [9.17, 15) is 0 Å². The van der Waals surface area contributed by atoms with Crippen LogP contribution in [0.2, 0.25) is 0 Å². The van der Waals surface area contributed by atoms with Crippen LogP contribution in [0.3, 0.4) is 0 Å². The van der Waals surface area contributed by atoms with Crippen LogP contribution in [0.25, 0.3) is 0 Å². The first-order chi connectivity index (χ1) is 3.81. The molecule has 58 valence electrons. The Balaban J connectivity index is 0. The van der Waals surface area contributed by atoms with Gasteiger partial charge in [-0.15, -0.1) is 12.4 Å². The van der Waals surface area contributed by atoms with Crippen molar-refractivity contribution in [1.82, 2.24) is 0 Å². The number of hydrogen-bond acceptors (Lipinski definition) is 3. The summed E-state index contributed by atoms with van der Waals surface area (Å²) in [6.07, 6.45) is 0.386. The van der Waals surface area contributed by atoms with Crippen molar-refractivity contribution in [2.24, 2.45) is 0 Å². The lowest BCUT2D eigenvalue weighted by atomic mass is 10.2. The van der Waals surface area contributed by atoms with E-state index >= 15 is 0 Å². The van der Waals surface area contributed by atoms with E-state index in [1.807, 2.05) is 0 Å². The molecule has 0 aromatic carbocycles. The smallest absolute Gasteiger partial charge is 0.0771 e. The number of rotatable bonds is 4.